The second-order valence-electron chi connectivity index (χ2n) is 5.36. The third kappa shape index (κ3) is 3.22. The number of carbonyl (C=O) groups excluding carboxylic acids is 2. The fourth-order valence-corrected chi connectivity index (χ4v) is 2.72. The van der Waals surface area contributed by atoms with Crippen molar-refractivity contribution in [3.63, 3.8) is 0 Å². The summed E-state index contributed by atoms with van der Waals surface area (Å²) in [7, 11) is 0. The SMILES string of the molecule is NCC1CCN(C(=O)CN2CCCCCC2=O)C1. The summed E-state index contributed by atoms with van der Waals surface area (Å²) in [6.07, 6.45) is 4.66. The van der Waals surface area contributed by atoms with Crippen LogP contribution < -0.4 is 5.73 Å². The molecule has 2 heterocycles. The lowest BCUT2D eigenvalue weighted by Gasteiger charge is -2.23. The van der Waals surface area contributed by atoms with Gasteiger partial charge in [0.05, 0.1) is 6.54 Å². The molecule has 1 unspecified atom stereocenters. The molecule has 2 fully saturated rings. The molecular weight excluding hydrogens is 230 g/mol. The van der Waals surface area contributed by atoms with Crippen LogP contribution in [0.5, 0.6) is 0 Å². The maximum atomic E-state index is 12.1. The van der Waals surface area contributed by atoms with E-state index in [-0.39, 0.29) is 18.4 Å². The lowest BCUT2D eigenvalue weighted by Crippen LogP contribution is -2.42. The summed E-state index contributed by atoms with van der Waals surface area (Å²) in [5, 5.41) is 0. The maximum absolute atomic E-state index is 12.1. The smallest absolute Gasteiger partial charge is 0.242 e. The first-order valence-electron chi connectivity index (χ1n) is 6.96. The van der Waals surface area contributed by atoms with Crippen LogP contribution in [0.15, 0.2) is 0 Å². The Kier molecular flexibility index (Phi) is 4.58. The Morgan fingerprint density at radius 1 is 1.28 bits per heavy atom. The second kappa shape index (κ2) is 6.18. The van der Waals surface area contributed by atoms with Crippen LogP contribution in [-0.4, -0.2) is 54.3 Å². The number of rotatable bonds is 3. The van der Waals surface area contributed by atoms with Crippen molar-refractivity contribution in [1.29, 1.82) is 0 Å². The summed E-state index contributed by atoms with van der Waals surface area (Å²) >= 11 is 0. The van der Waals surface area contributed by atoms with Gasteiger partial charge in [0.2, 0.25) is 11.8 Å². The molecular formula is C13H23N3O2. The summed E-state index contributed by atoms with van der Waals surface area (Å²) < 4.78 is 0. The number of nitrogens with zero attached hydrogens (tertiary/aromatic N) is 2. The summed E-state index contributed by atoms with van der Waals surface area (Å²) in [6.45, 7) is 3.20. The van der Waals surface area contributed by atoms with Crippen LogP contribution >= 0.6 is 0 Å². The Labute approximate surface area is 108 Å². The molecule has 2 saturated heterocycles. The minimum Gasteiger partial charge on any atom is -0.341 e. The van der Waals surface area contributed by atoms with Gasteiger partial charge in [-0.1, -0.05) is 6.42 Å². The van der Waals surface area contributed by atoms with E-state index < -0.39 is 0 Å². The van der Waals surface area contributed by atoms with Crippen molar-refractivity contribution >= 4 is 11.8 Å². The third-order valence-electron chi connectivity index (χ3n) is 3.97. The molecule has 1 atom stereocenters. The second-order valence-corrected chi connectivity index (χ2v) is 5.36. The van der Waals surface area contributed by atoms with E-state index in [1.165, 1.54) is 0 Å². The molecule has 18 heavy (non-hydrogen) atoms. The summed E-state index contributed by atoms with van der Waals surface area (Å²) in [4.78, 5) is 27.5. The molecule has 2 aliphatic heterocycles. The lowest BCUT2D eigenvalue weighted by molar-refractivity contribution is -0.139. The zero-order valence-electron chi connectivity index (χ0n) is 10.9. The number of likely N-dealkylation sites (tertiary alicyclic amines) is 2. The molecule has 5 nitrogen and oxygen atoms in total. The van der Waals surface area contributed by atoms with Gasteiger partial charge in [-0.15, -0.1) is 0 Å². The molecule has 102 valence electrons. The monoisotopic (exact) mass is 253 g/mol. The molecule has 0 spiro atoms. The van der Waals surface area contributed by atoms with Crippen molar-refractivity contribution in [3.05, 3.63) is 0 Å². The van der Waals surface area contributed by atoms with Crippen LogP contribution in [0.4, 0.5) is 0 Å². The van der Waals surface area contributed by atoms with Gasteiger partial charge in [0.1, 0.15) is 0 Å². The predicted octanol–water partition coefficient (Wildman–Crippen LogP) is 0.196. The molecule has 2 rings (SSSR count). The van der Waals surface area contributed by atoms with Crippen LogP contribution in [0.2, 0.25) is 0 Å². The van der Waals surface area contributed by atoms with Crippen molar-refractivity contribution in [3.8, 4) is 0 Å². The quantitative estimate of drug-likeness (QED) is 0.781. The van der Waals surface area contributed by atoms with Gasteiger partial charge in [0.25, 0.3) is 0 Å². The molecule has 0 aromatic heterocycles. The fraction of sp³-hybridized carbons (Fsp3) is 0.846. The van der Waals surface area contributed by atoms with E-state index in [1.807, 2.05) is 4.90 Å². The van der Waals surface area contributed by atoms with Gasteiger partial charge in [-0.25, -0.2) is 0 Å². The lowest BCUT2D eigenvalue weighted by atomic mass is 10.1. The van der Waals surface area contributed by atoms with E-state index in [9.17, 15) is 9.59 Å². The largest absolute Gasteiger partial charge is 0.341 e. The van der Waals surface area contributed by atoms with Gasteiger partial charge in [-0.05, 0) is 31.7 Å². The van der Waals surface area contributed by atoms with E-state index in [0.29, 0.717) is 18.9 Å². The van der Waals surface area contributed by atoms with E-state index in [1.54, 1.807) is 4.90 Å². The van der Waals surface area contributed by atoms with Crippen molar-refractivity contribution in [2.75, 3.05) is 32.7 Å². The van der Waals surface area contributed by atoms with Gasteiger partial charge in [-0.2, -0.15) is 0 Å². The summed E-state index contributed by atoms with van der Waals surface area (Å²) in [5.41, 5.74) is 5.62. The number of hydrogen-bond acceptors (Lipinski definition) is 3. The highest BCUT2D eigenvalue weighted by atomic mass is 16.2. The molecule has 0 aromatic carbocycles. The van der Waals surface area contributed by atoms with Crippen LogP contribution in [0, 0.1) is 5.92 Å². The maximum Gasteiger partial charge on any atom is 0.242 e. The minimum atomic E-state index is 0.0844. The highest BCUT2D eigenvalue weighted by Crippen LogP contribution is 2.16. The molecule has 0 saturated carbocycles. The number of carbonyl (C=O) groups is 2. The minimum absolute atomic E-state index is 0.0844. The van der Waals surface area contributed by atoms with E-state index in [4.69, 9.17) is 5.73 Å². The first kappa shape index (κ1) is 13.3. The first-order valence-corrected chi connectivity index (χ1v) is 6.96. The van der Waals surface area contributed by atoms with Gasteiger partial charge >= 0.3 is 0 Å². The Morgan fingerprint density at radius 3 is 2.83 bits per heavy atom. The molecule has 2 N–H and O–H groups in total. The summed E-state index contributed by atoms with van der Waals surface area (Å²) in [5.74, 6) is 0.658. The Balaban J connectivity index is 1.84. The van der Waals surface area contributed by atoms with E-state index in [2.05, 4.69) is 0 Å². The zero-order chi connectivity index (χ0) is 13.0. The average molecular weight is 253 g/mol. The number of hydrogen-bond donors (Lipinski definition) is 1. The van der Waals surface area contributed by atoms with E-state index >= 15 is 0 Å². The van der Waals surface area contributed by atoms with Crippen molar-refractivity contribution in [2.24, 2.45) is 11.7 Å². The molecule has 0 aromatic rings. The highest BCUT2D eigenvalue weighted by Gasteiger charge is 2.27. The third-order valence-corrected chi connectivity index (χ3v) is 3.97. The van der Waals surface area contributed by atoms with Gasteiger partial charge in [0, 0.05) is 26.1 Å². The van der Waals surface area contributed by atoms with E-state index in [0.717, 1.165) is 45.3 Å². The van der Waals surface area contributed by atoms with Gasteiger partial charge < -0.3 is 15.5 Å². The fourth-order valence-electron chi connectivity index (χ4n) is 2.72. The van der Waals surface area contributed by atoms with Crippen LogP contribution in [0.3, 0.4) is 0 Å². The van der Waals surface area contributed by atoms with Crippen molar-refractivity contribution in [2.45, 2.75) is 32.1 Å². The van der Waals surface area contributed by atoms with Crippen molar-refractivity contribution in [1.82, 2.24) is 9.80 Å². The van der Waals surface area contributed by atoms with Crippen molar-refractivity contribution < 1.29 is 9.59 Å². The van der Waals surface area contributed by atoms with Crippen LogP contribution in [-0.2, 0) is 9.59 Å². The first-order chi connectivity index (χ1) is 8.70. The van der Waals surface area contributed by atoms with Gasteiger partial charge in [-0.3, -0.25) is 9.59 Å². The molecule has 2 amide bonds. The Morgan fingerprint density at radius 2 is 2.11 bits per heavy atom. The normalized spacial score (nSPS) is 25.4. The van der Waals surface area contributed by atoms with Crippen LogP contribution in [0.1, 0.15) is 32.1 Å². The summed E-state index contributed by atoms with van der Waals surface area (Å²) in [6, 6.07) is 0. The number of nitrogens with two attached hydrogens (primary N) is 1. The number of amides is 2. The van der Waals surface area contributed by atoms with Crippen LogP contribution in [0.25, 0.3) is 0 Å². The van der Waals surface area contributed by atoms with Gasteiger partial charge in [0.15, 0.2) is 0 Å². The predicted molar refractivity (Wildman–Crippen MR) is 68.8 cm³/mol. The Bertz CT molecular complexity index is 319. The molecule has 2 aliphatic rings. The standard InChI is InChI=1S/C13H23N3O2/c14-8-11-5-7-16(9-11)13(18)10-15-6-3-1-2-4-12(15)17/h11H,1-10,14H2. The highest BCUT2D eigenvalue weighted by molar-refractivity contribution is 5.85. The topological polar surface area (TPSA) is 66.6 Å². The molecule has 5 heteroatoms. The zero-order valence-corrected chi connectivity index (χ0v) is 10.9. The molecule has 0 aliphatic carbocycles. The Hall–Kier alpha value is -1.10. The molecule has 0 bridgehead atoms. The molecule has 0 radical (unpaired) electrons. The average Bonchev–Trinajstić information content (AvgIpc) is 2.77.